The Hall–Kier alpha value is -0.460. The number of hydrogen-bond donors (Lipinski definition) is 1. The molecule has 0 heterocycles. The second kappa shape index (κ2) is 5.46. The summed E-state index contributed by atoms with van der Waals surface area (Å²) in [6.07, 6.45) is 0. The first kappa shape index (κ1) is 14.6. The van der Waals surface area contributed by atoms with Crippen LogP contribution in [0.2, 0.25) is 0 Å². The third-order valence-electron chi connectivity index (χ3n) is 2.21. The molecule has 0 aromatic heterocycles. The Kier molecular flexibility index (Phi) is 4.69. The van der Waals surface area contributed by atoms with Gasteiger partial charge in [0.15, 0.2) is 0 Å². The molecule has 0 aliphatic carbocycles. The Morgan fingerprint density at radius 2 is 2.06 bits per heavy atom. The average molecular weight is 324 g/mol. The highest BCUT2D eigenvalue weighted by molar-refractivity contribution is 9.09. The summed E-state index contributed by atoms with van der Waals surface area (Å²) in [6.45, 7) is 4.14. The molecule has 0 aliphatic heterocycles. The van der Waals surface area contributed by atoms with Gasteiger partial charge in [0.2, 0.25) is 10.0 Å². The molecule has 0 saturated carbocycles. The number of nitrogens with one attached hydrogen (secondary N) is 1. The van der Waals surface area contributed by atoms with Crippen LogP contribution in [-0.4, -0.2) is 20.3 Å². The molecule has 96 valence electrons. The Balaban J connectivity index is 2.83. The van der Waals surface area contributed by atoms with E-state index in [9.17, 15) is 12.8 Å². The molecule has 0 bridgehead atoms. The van der Waals surface area contributed by atoms with Gasteiger partial charge in [-0.3, -0.25) is 0 Å². The van der Waals surface area contributed by atoms with E-state index in [0.717, 1.165) is 6.07 Å². The van der Waals surface area contributed by atoms with Crippen molar-refractivity contribution in [1.29, 1.82) is 0 Å². The maximum atomic E-state index is 12.9. The van der Waals surface area contributed by atoms with Gasteiger partial charge < -0.3 is 0 Å². The maximum Gasteiger partial charge on any atom is 0.240 e. The van der Waals surface area contributed by atoms with Crippen LogP contribution in [0.4, 0.5) is 4.39 Å². The summed E-state index contributed by atoms with van der Waals surface area (Å²) in [5.41, 5.74) is -0.194. The predicted molar refractivity (Wildman–Crippen MR) is 69.2 cm³/mol. The topological polar surface area (TPSA) is 46.2 Å². The highest BCUT2D eigenvalue weighted by Crippen LogP contribution is 2.18. The Morgan fingerprint density at radius 3 is 2.59 bits per heavy atom. The van der Waals surface area contributed by atoms with Gasteiger partial charge in [-0.2, -0.15) is 0 Å². The maximum absolute atomic E-state index is 12.9. The van der Waals surface area contributed by atoms with Gasteiger partial charge in [0, 0.05) is 11.9 Å². The summed E-state index contributed by atoms with van der Waals surface area (Å²) >= 11 is 3.31. The van der Waals surface area contributed by atoms with E-state index in [0.29, 0.717) is 5.33 Å². The minimum absolute atomic E-state index is 0.0529. The zero-order chi connectivity index (χ0) is 13.1. The summed E-state index contributed by atoms with van der Waals surface area (Å²) in [5, 5.41) is 0.672. The molecular formula is C11H15BrFNO2S. The molecule has 17 heavy (non-hydrogen) atoms. The van der Waals surface area contributed by atoms with E-state index in [1.807, 2.05) is 13.8 Å². The molecule has 0 aliphatic rings. The Morgan fingerprint density at radius 1 is 1.41 bits per heavy atom. The summed E-state index contributed by atoms with van der Waals surface area (Å²) in [5.74, 6) is -0.562. The third kappa shape index (κ3) is 4.37. The first-order valence-electron chi connectivity index (χ1n) is 5.08. The van der Waals surface area contributed by atoms with E-state index in [1.165, 1.54) is 18.2 Å². The van der Waals surface area contributed by atoms with E-state index < -0.39 is 15.8 Å². The summed E-state index contributed by atoms with van der Waals surface area (Å²) < 4.78 is 39.1. The van der Waals surface area contributed by atoms with Gasteiger partial charge in [0.25, 0.3) is 0 Å². The van der Waals surface area contributed by atoms with Crippen LogP contribution < -0.4 is 4.72 Å². The van der Waals surface area contributed by atoms with Crippen LogP contribution in [0.3, 0.4) is 0 Å². The summed E-state index contributed by atoms with van der Waals surface area (Å²) in [6, 6.07) is 4.96. The van der Waals surface area contributed by atoms with E-state index in [4.69, 9.17) is 0 Å². The van der Waals surface area contributed by atoms with Crippen molar-refractivity contribution in [2.24, 2.45) is 5.41 Å². The molecule has 3 nitrogen and oxygen atoms in total. The molecule has 0 fully saturated rings. The smallest absolute Gasteiger partial charge is 0.211 e. The standard InChI is InChI=1S/C11H15BrFNO2S/c1-11(2,7-12)8-14-17(15,16)10-5-3-4-9(13)6-10/h3-6,14H,7-8H2,1-2H3. The van der Waals surface area contributed by atoms with Gasteiger partial charge in [-0.1, -0.05) is 35.8 Å². The lowest BCUT2D eigenvalue weighted by Gasteiger charge is -2.21. The molecular weight excluding hydrogens is 309 g/mol. The average Bonchev–Trinajstić information content (AvgIpc) is 2.27. The van der Waals surface area contributed by atoms with Crippen LogP contribution in [0.25, 0.3) is 0 Å². The lowest BCUT2D eigenvalue weighted by atomic mass is 9.98. The molecule has 6 heteroatoms. The molecule has 0 saturated heterocycles. The van der Waals surface area contributed by atoms with Gasteiger partial charge in [-0.05, 0) is 23.6 Å². The summed E-state index contributed by atoms with van der Waals surface area (Å²) in [7, 11) is -3.64. The molecule has 0 radical (unpaired) electrons. The Labute approximate surface area is 110 Å². The van der Waals surface area contributed by atoms with Gasteiger partial charge in [-0.15, -0.1) is 0 Å². The minimum atomic E-state index is -3.64. The fraction of sp³-hybridized carbons (Fsp3) is 0.455. The van der Waals surface area contributed by atoms with E-state index in [-0.39, 0.29) is 16.9 Å². The van der Waals surface area contributed by atoms with Crippen LogP contribution in [0.15, 0.2) is 29.2 Å². The molecule has 0 atom stereocenters. The van der Waals surface area contributed by atoms with Crippen molar-refractivity contribution in [2.75, 3.05) is 11.9 Å². The highest BCUT2D eigenvalue weighted by Gasteiger charge is 2.21. The highest BCUT2D eigenvalue weighted by atomic mass is 79.9. The van der Waals surface area contributed by atoms with Gasteiger partial charge in [0.1, 0.15) is 5.82 Å². The molecule has 0 unspecified atom stereocenters. The van der Waals surface area contributed by atoms with Gasteiger partial charge >= 0.3 is 0 Å². The first-order valence-corrected chi connectivity index (χ1v) is 7.68. The van der Waals surface area contributed by atoms with Crippen LogP contribution in [0.1, 0.15) is 13.8 Å². The van der Waals surface area contributed by atoms with Crippen molar-refractivity contribution in [3.8, 4) is 0 Å². The largest absolute Gasteiger partial charge is 0.240 e. The number of rotatable bonds is 5. The monoisotopic (exact) mass is 323 g/mol. The molecule has 1 aromatic carbocycles. The molecule has 1 aromatic rings. The van der Waals surface area contributed by atoms with Crippen LogP contribution in [-0.2, 0) is 10.0 Å². The van der Waals surface area contributed by atoms with Crippen LogP contribution in [0, 0.1) is 11.2 Å². The van der Waals surface area contributed by atoms with Crippen LogP contribution >= 0.6 is 15.9 Å². The zero-order valence-electron chi connectivity index (χ0n) is 9.70. The van der Waals surface area contributed by atoms with Crippen molar-refractivity contribution < 1.29 is 12.8 Å². The van der Waals surface area contributed by atoms with Crippen molar-refractivity contribution in [1.82, 2.24) is 4.72 Å². The lowest BCUT2D eigenvalue weighted by molar-refractivity contribution is 0.420. The minimum Gasteiger partial charge on any atom is -0.211 e. The number of benzene rings is 1. The van der Waals surface area contributed by atoms with E-state index >= 15 is 0 Å². The number of hydrogen-bond acceptors (Lipinski definition) is 2. The van der Waals surface area contributed by atoms with Crippen molar-refractivity contribution in [3.63, 3.8) is 0 Å². The van der Waals surface area contributed by atoms with Crippen molar-refractivity contribution in [2.45, 2.75) is 18.7 Å². The van der Waals surface area contributed by atoms with Gasteiger partial charge in [0.05, 0.1) is 4.90 Å². The molecule has 1 N–H and O–H groups in total. The third-order valence-corrected chi connectivity index (χ3v) is 5.13. The zero-order valence-corrected chi connectivity index (χ0v) is 12.1. The fourth-order valence-corrected chi connectivity index (χ4v) is 2.53. The number of sulfonamides is 1. The summed E-state index contributed by atoms with van der Waals surface area (Å²) in [4.78, 5) is -0.0529. The number of halogens is 2. The Bertz CT molecular complexity index is 488. The second-order valence-corrected chi connectivity index (χ2v) is 6.91. The molecule has 0 spiro atoms. The van der Waals surface area contributed by atoms with Gasteiger partial charge in [-0.25, -0.2) is 17.5 Å². The number of alkyl halides is 1. The predicted octanol–water partition coefficient (Wildman–Crippen LogP) is 2.53. The van der Waals surface area contributed by atoms with Crippen molar-refractivity contribution in [3.05, 3.63) is 30.1 Å². The lowest BCUT2D eigenvalue weighted by Crippen LogP contribution is -2.34. The first-order chi connectivity index (χ1) is 7.77. The fourth-order valence-electron chi connectivity index (χ4n) is 1.06. The second-order valence-electron chi connectivity index (χ2n) is 4.58. The normalized spacial score (nSPS) is 12.7. The molecule has 0 amide bonds. The van der Waals surface area contributed by atoms with E-state index in [1.54, 1.807) is 0 Å². The van der Waals surface area contributed by atoms with Crippen molar-refractivity contribution >= 4 is 26.0 Å². The quantitative estimate of drug-likeness (QED) is 0.846. The van der Waals surface area contributed by atoms with E-state index in [2.05, 4.69) is 20.7 Å². The SMILES string of the molecule is CC(C)(CBr)CNS(=O)(=O)c1cccc(F)c1. The van der Waals surface area contributed by atoms with Crippen LogP contribution in [0.5, 0.6) is 0 Å². The molecule has 1 rings (SSSR count).